The average molecular weight is 341 g/mol. The fourth-order valence-electron chi connectivity index (χ4n) is 1.80. The van der Waals surface area contributed by atoms with E-state index >= 15 is 0 Å². The van der Waals surface area contributed by atoms with E-state index in [1.165, 1.54) is 5.56 Å². The molecule has 4 nitrogen and oxygen atoms in total. The Labute approximate surface area is 126 Å². The summed E-state index contributed by atoms with van der Waals surface area (Å²) < 4.78 is 2.93. The lowest BCUT2D eigenvalue weighted by Gasteiger charge is -2.07. The summed E-state index contributed by atoms with van der Waals surface area (Å²) in [6, 6.07) is 3.92. The molecular formula is C13H17BrN4S. The van der Waals surface area contributed by atoms with Gasteiger partial charge in [-0.15, -0.1) is 0 Å². The molecule has 2 heterocycles. The zero-order valence-electron chi connectivity index (χ0n) is 11.3. The summed E-state index contributed by atoms with van der Waals surface area (Å²) >= 11 is 5.17. The summed E-state index contributed by atoms with van der Waals surface area (Å²) in [4.78, 5) is 4.40. The third kappa shape index (κ3) is 3.38. The number of pyridine rings is 1. The van der Waals surface area contributed by atoms with Crippen LogP contribution in [0.3, 0.4) is 0 Å². The molecule has 0 saturated carbocycles. The van der Waals surface area contributed by atoms with Crippen LogP contribution in [-0.2, 0) is 13.6 Å². The van der Waals surface area contributed by atoms with Crippen molar-refractivity contribution < 1.29 is 0 Å². The predicted octanol–water partition coefficient (Wildman–Crippen LogP) is 3.15. The molecule has 0 saturated heterocycles. The number of hydrogen-bond acceptors (Lipinski definition) is 4. The normalized spacial score (nSPS) is 10.9. The number of hydrogen-bond donors (Lipinski definition) is 1. The first-order valence-corrected chi connectivity index (χ1v) is 7.76. The Kier molecular flexibility index (Phi) is 5.01. The zero-order valence-corrected chi connectivity index (χ0v) is 13.7. The number of aryl methyl sites for hydroxylation is 2. The highest BCUT2D eigenvalue weighted by Crippen LogP contribution is 2.34. The predicted molar refractivity (Wildman–Crippen MR) is 81.4 cm³/mol. The van der Waals surface area contributed by atoms with E-state index in [0.717, 1.165) is 33.3 Å². The van der Waals surface area contributed by atoms with Gasteiger partial charge >= 0.3 is 0 Å². The van der Waals surface area contributed by atoms with Gasteiger partial charge in [-0.3, -0.25) is 4.68 Å². The second-order valence-electron chi connectivity index (χ2n) is 4.17. The molecule has 0 atom stereocenters. The molecular weight excluding hydrogens is 324 g/mol. The van der Waals surface area contributed by atoms with Crippen LogP contribution in [-0.4, -0.2) is 21.3 Å². The lowest BCUT2D eigenvalue weighted by molar-refractivity contribution is 0.673. The number of rotatable bonds is 5. The Bertz CT molecular complexity index is 568. The molecule has 102 valence electrons. The molecule has 0 fully saturated rings. The third-order valence-electron chi connectivity index (χ3n) is 2.76. The molecule has 0 unspecified atom stereocenters. The van der Waals surface area contributed by atoms with Gasteiger partial charge in [0.05, 0.1) is 10.2 Å². The fourth-order valence-corrected chi connectivity index (χ4v) is 3.28. The highest BCUT2D eigenvalue weighted by Gasteiger charge is 2.15. The fraction of sp³-hybridized carbons (Fsp3) is 0.385. The van der Waals surface area contributed by atoms with E-state index in [0.29, 0.717) is 0 Å². The largest absolute Gasteiger partial charge is 0.313 e. The molecule has 0 bridgehead atoms. The molecule has 2 aromatic rings. The van der Waals surface area contributed by atoms with E-state index in [4.69, 9.17) is 0 Å². The maximum atomic E-state index is 4.50. The van der Waals surface area contributed by atoms with Gasteiger partial charge in [0.15, 0.2) is 0 Å². The van der Waals surface area contributed by atoms with Gasteiger partial charge in [-0.1, -0.05) is 6.92 Å². The minimum Gasteiger partial charge on any atom is -0.313 e. The van der Waals surface area contributed by atoms with Crippen molar-refractivity contribution in [3.8, 4) is 0 Å². The minimum atomic E-state index is 0.836. The monoisotopic (exact) mass is 340 g/mol. The molecule has 0 aliphatic carbocycles. The van der Waals surface area contributed by atoms with E-state index < -0.39 is 0 Å². The van der Waals surface area contributed by atoms with Crippen molar-refractivity contribution in [1.82, 2.24) is 20.1 Å². The van der Waals surface area contributed by atoms with Gasteiger partial charge in [0.1, 0.15) is 10.1 Å². The van der Waals surface area contributed by atoms with Gasteiger partial charge < -0.3 is 5.32 Å². The van der Waals surface area contributed by atoms with Crippen LogP contribution in [0.25, 0.3) is 0 Å². The van der Waals surface area contributed by atoms with Gasteiger partial charge in [0.25, 0.3) is 0 Å². The first-order chi connectivity index (χ1) is 9.13. The maximum absolute atomic E-state index is 4.50. The molecule has 1 N–H and O–H groups in total. The van der Waals surface area contributed by atoms with Crippen LogP contribution in [0, 0.1) is 6.92 Å². The van der Waals surface area contributed by atoms with Crippen molar-refractivity contribution >= 4 is 27.7 Å². The molecule has 0 aliphatic rings. The highest BCUT2D eigenvalue weighted by atomic mass is 79.9. The molecule has 0 aliphatic heterocycles. The van der Waals surface area contributed by atoms with Crippen LogP contribution in [0.2, 0.25) is 0 Å². The number of nitrogens with one attached hydrogen (secondary N) is 1. The summed E-state index contributed by atoms with van der Waals surface area (Å²) in [6.45, 7) is 5.94. The van der Waals surface area contributed by atoms with Crippen LogP contribution in [0.1, 0.15) is 18.2 Å². The third-order valence-corrected chi connectivity index (χ3v) is 4.88. The van der Waals surface area contributed by atoms with E-state index in [1.807, 2.05) is 30.8 Å². The summed E-state index contributed by atoms with van der Waals surface area (Å²) in [5.41, 5.74) is 2.31. The summed E-state index contributed by atoms with van der Waals surface area (Å²) in [6.07, 6.45) is 1.81. The summed E-state index contributed by atoms with van der Waals surface area (Å²) in [5, 5.41) is 9.96. The molecule has 0 aromatic carbocycles. The highest BCUT2D eigenvalue weighted by molar-refractivity contribution is 9.10. The quantitative estimate of drug-likeness (QED) is 0.907. The van der Waals surface area contributed by atoms with Crippen LogP contribution >= 0.6 is 27.7 Å². The van der Waals surface area contributed by atoms with Crippen molar-refractivity contribution in [2.24, 2.45) is 7.05 Å². The average Bonchev–Trinajstić information content (AvgIpc) is 2.65. The SMILES string of the molecule is CCNCc1c(C)nn(C)c1Sc1ncccc1Br. The van der Waals surface area contributed by atoms with Gasteiger partial charge in [-0.2, -0.15) is 5.10 Å². The second-order valence-corrected chi connectivity index (χ2v) is 6.00. The zero-order chi connectivity index (χ0) is 13.8. The topological polar surface area (TPSA) is 42.7 Å². The molecule has 2 aromatic heterocycles. The van der Waals surface area contributed by atoms with Crippen LogP contribution in [0.5, 0.6) is 0 Å². The molecule has 2 rings (SSSR count). The number of aromatic nitrogens is 3. The first-order valence-electron chi connectivity index (χ1n) is 6.15. The van der Waals surface area contributed by atoms with Crippen molar-refractivity contribution in [2.45, 2.75) is 30.4 Å². The molecule has 0 amide bonds. The minimum absolute atomic E-state index is 0.836. The van der Waals surface area contributed by atoms with E-state index in [-0.39, 0.29) is 0 Å². The first kappa shape index (κ1) is 14.6. The van der Waals surface area contributed by atoms with Crippen LogP contribution in [0.4, 0.5) is 0 Å². The molecule has 6 heteroatoms. The number of nitrogens with zero attached hydrogens (tertiary/aromatic N) is 3. The Morgan fingerprint density at radius 2 is 2.26 bits per heavy atom. The smallest absolute Gasteiger partial charge is 0.116 e. The lowest BCUT2D eigenvalue weighted by Crippen LogP contribution is -2.12. The van der Waals surface area contributed by atoms with Crippen molar-refractivity contribution in [2.75, 3.05) is 6.54 Å². The van der Waals surface area contributed by atoms with E-state index in [2.05, 4.69) is 38.3 Å². The summed E-state index contributed by atoms with van der Waals surface area (Å²) in [5.74, 6) is 0. The van der Waals surface area contributed by atoms with Gasteiger partial charge in [-0.25, -0.2) is 4.98 Å². The molecule has 19 heavy (non-hydrogen) atoms. The van der Waals surface area contributed by atoms with Gasteiger partial charge in [0.2, 0.25) is 0 Å². The molecule has 0 spiro atoms. The van der Waals surface area contributed by atoms with Crippen LogP contribution in [0.15, 0.2) is 32.9 Å². The second kappa shape index (κ2) is 6.54. The standard InChI is InChI=1S/C13H17BrN4S/c1-4-15-8-10-9(2)17-18(3)13(10)19-12-11(14)6-5-7-16-12/h5-7,15H,4,8H2,1-3H3. The Morgan fingerprint density at radius 3 is 2.95 bits per heavy atom. The van der Waals surface area contributed by atoms with E-state index in [9.17, 15) is 0 Å². The number of halogens is 1. The summed E-state index contributed by atoms with van der Waals surface area (Å²) in [7, 11) is 1.97. The molecule has 0 radical (unpaired) electrons. The Hall–Kier alpha value is -0.850. The van der Waals surface area contributed by atoms with Crippen molar-refractivity contribution in [3.05, 3.63) is 34.1 Å². The lowest BCUT2D eigenvalue weighted by atomic mass is 10.2. The maximum Gasteiger partial charge on any atom is 0.116 e. The Morgan fingerprint density at radius 1 is 1.47 bits per heavy atom. The van der Waals surface area contributed by atoms with E-state index in [1.54, 1.807) is 18.0 Å². The van der Waals surface area contributed by atoms with Crippen molar-refractivity contribution in [1.29, 1.82) is 0 Å². The Balaban J connectivity index is 2.31. The van der Waals surface area contributed by atoms with Gasteiger partial charge in [0, 0.05) is 25.4 Å². The van der Waals surface area contributed by atoms with Crippen molar-refractivity contribution in [3.63, 3.8) is 0 Å². The van der Waals surface area contributed by atoms with Crippen LogP contribution < -0.4 is 5.32 Å². The van der Waals surface area contributed by atoms with Gasteiger partial charge in [-0.05, 0) is 53.3 Å².